The highest BCUT2D eigenvalue weighted by Crippen LogP contribution is 2.29. The van der Waals surface area contributed by atoms with Crippen molar-refractivity contribution in [3.63, 3.8) is 0 Å². The third-order valence-corrected chi connectivity index (χ3v) is 7.25. The molecule has 2 N–H and O–H groups in total. The normalized spacial score (nSPS) is 27.5. The van der Waals surface area contributed by atoms with Crippen LogP contribution in [0.4, 0.5) is 0 Å². The molecule has 2 saturated carbocycles. The van der Waals surface area contributed by atoms with E-state index in [-0.39, 0.29) is 17.9 Å². The van der Waals surface area contributed by atoms with Gasteiger partial charge in [-0.1, -0.05) is 26.2 Å². The molecule has 2 amide bonds. The predicted molar refractivity (Wildman–Crippen MR) is 113 cm³/mol. The first-order valence-corrected chi connectivity index (χ1v) is 11.9. The Morgan fingerprint density at radius 3 is 2.18 bits per heavy atom. The van der Waals surface area contributed by atoms with Crippen LogP contribution in [-0.2, 0) is 9.59 Å². The van der Waals surface area contributed by atoms with Gasteiger partial charge in [-0.2, -0.15) is 0 Å². The van der Waals surface area contributed by atoms with Crippen LogP contribution in [0.25, 0.3) is 0 Å². The molecule has 0 aromatic carbocycles. The molecule has 0 atom stereocenters. The first-order valence-electron chi connectivity index (χ1n) is 11.9. The lowest BCUT2D eigenvalue weighted by Crippen LogP contribution is -2.45. The quantitative estimate of drug-likeness (QED) is 0.698. The summed E-state index contributed by atoms with van der Waals surface area (Å²) in [7, 11) is 0. The Kier molecular flexibility index (Phi) is 8.63. The van der Waals surface area contributed by atoms with Gasteiger partial charge in [0.2, 0.25) is 11.8 Å². The largest absolute Gasteiger partial charge is 0.353 e. The number of carbonyl (C=O) groups is 2. The summed E-state index contributed by atoms with van der Waals surface area (Å²) in [6.45, 7) is 6.11. The van der Waals surface area contributed by atoms with E-state index in [1.54, 1.807) is 0 Å². The molecule has 0 radical (unpaired) electrons. The van der Waals surface area contributed by atoms with E-state index < -0.39 is 0 Å². The molecule has 5 nitrogen and oxygen atoms in total. The second kappa shape index (κ2) is 11.2. The molecule has 28 heavy (non-hydrogen) atoms. The van der Waals surface area contributed by atoms with E-state index in [1.165, 1.54) is 32.1 Å². The fraction of sp³-hybridized carbons (Fsp3) is 0.913. The molecule has 1 saturated heterocycles. The van der Waals surface area contributed by atoms with Crippen molar-refractivity contribution in [3.05, 3.63) is 0 Å². The highest BCUT2D eigenvalue weighted by atomic mass is 16.2. The number of carbonyl (C=O) groups excluding carboxylic acids is 2. The van der Waals surface area contributed by atoms with E-state index in [9.17, 15) is 9.59 Å². The molecule has 5 heteroatoms. The Morgan fingerprint density at radius 1 is 0.857 bits per heavy atom. The van der Waals surface area contributed by atoms with Crippen LogP contribution in [0, 0.1) is 17.8 Å². The second-order valence-corrected chi connectivity index (χ2v) is 9.40. The van der Waals surface area contributed by atoms with Crippen LogP contribution in [0.3, 0.4) is 0 Å². The summed E-state index contributed by atoms with van der Waals surface area (Å²) in [4.78, 5) is 27.4. The Bertz CT molecular complexity index is 488. The molecule has 160 valence electrons. The molecule has 0 aromatic rings. The van der Waals surface area contributed by atoms with Gasteiger partial charge in [0.15, 0.2) is 0 Å². The Hall–Kier alpha value is -1.10. The lowest BCUT2D eigenvalue weighted by molar-refractivity contribution is -0.138. The van der Waals surface area contributed by atoms with Crippen LogP contribution in [0.5, 0.6) is 0 Å². The van der Waals surface area contributed by atoms with Gasteiger partial charge in [0.05, 0.1) is 0 Å². The third kappa shape index (κ3) is 6.47. The van der Waals surface area contributed by atoms with Gasteiger partial charge in [-0.15, -0.1) is 0 Å². The first-order chi connectivity index (χ1) is 13.7. The summed E-state index contributed by atoms with van der Waals surface area (Å²) in [5.41, 5.74) is 0. The molecular formula is C23H41N3O2. The lowest BCUT2D eigenvalue weighted by Gasteiger charge is -2.36. The van der Waals surface area contributed by atoms with Crippen molar-refractivity contribution < 1.29 is 9.59 Å². The number of hydrogen-bond acceptors (Lipinski definition) is 3. The van der Waals surface area contributed by atoms with Crippen LogP contribution >= 0.6 is 0 Å². The molecule has 3 rings (SSSR count). The molecule has 3 fully saturated rings. The summed E-state index contributed by atoms with van der Waals surface area (Å²) in [6.07, 6.45) is 13.1. The molecule has 0 aromatic heterocycles. The molecule has 0 unspecified atom stereocenters. The van der Waals surface area contributed by atoms with Crippen molar-refractivity contribution in [2.24, 2.45) is 17.8 Å². The lowest BCUT2D eigenvalue weighted by atomic mass is 9.83. The number of nitrogens with zero attached hydrogens (tertiary/aromatic N) is 1. The maximum absolute atomic E-state index is 12.9. The van der Waals surface area contributed by atoms with E-state index in [0.717, 1.165) is 70.6 Å². The fourth-order valence-electron chi connectivity index (χ4n) is 5.39. The Morgan fingerprint density at radius 2 is 1.54 bits per heavy atom. The third-order valence-electron chi connectivity index (χ3n) is 7.25. The minimum absolute atomic E-state index is 0.178. The number of nitrogens with one attached hydrogen (secondary N) is 2. The zero-order valence-electron chi connectivity index (χ0n) is 17.9. The van der Waals surface area contributed by atoms with Crippen LogP contribution in [-0.4, -0.2) is 48.9 Å². The van der Waals surface area contributed by atoms with Crippen LogP contribution in [0.15, 0.2) is 0 Å². The van der Waals surface area contributed by atoms with E-state index in [0.29, 0.717) is 18.2 Å². The van der Waals surface area contributed by atoms with Gasteiger partial charge in [0, 0.05) is 31.5 Å². The maximum atomic E-state index is 12.9. The van der Waals surface area contributed by atoms with E-state index in [4.69, 9.17) is 0 Å². The predicted octanol–water partition coefficient (Wildman–Crippen LogP) is 3.48. The highest BCUT2D eigenvalue weighted by Gasteiger charge is 2.32. The van der Waals surface area contributed by atoms with Crippen molar-refractivity contribution in [2.45, 2.75) is 90.0 Å². The van der Waals surface area contributed by atoms with Crippen molar-refractivity contribution in [3.8, 4) is 0 Å². The minimum atomic E-state index is 0.178. The topological polar surface area (TPSA) is 61.4 Å². The first kappa shape index (κ1) is 21.6. The molecule has 2 aliphatic carbocycles. The summed E-state index contributed by atoms with van der Waals surface area (Å²) < 4.78 is 0. The highest BCUT2D eigenvalue weighted by molar-refractivity contribution is 5.79. The van der Waals surface area contributed by atoms with Crippen LogP contribution < -0.4 is 10.6 Å². The van der Waals surface area contributed by atoms with Crippen molar-refractivity contribution >= 4 is 11.8 Å². The number of hydrogen-bond donors (Lipinski definition) is 2. The fourth-order valence-corrected chi connectivity index (χ4v) is 5.39. The Balaban J connectivity index is 1.33. The number of amides is 2. The van der Waals surface area contributed by atoms with Crippen molar-refractivity contribution in [1.29, 1.82) is 0 Å². The summed E-state index contributed by atoms with van der Waals surface area (Å²) >= 11 is 0. The summed E-state index contributed by atoms with van der Waals surface area (Å²) in [5, 5.41) is 6.69. The molecule has 0 bridgehead atoms. The van der Waals surface area contributed by atoms with Gasteiger partial charge in [0.1, 0.15) is 0 Å². The van der Waals surface area contributed by atoms with Gasteiger partial charge in [-0.3, -0.25) is 9.59 Å². The number of likely N-dealkylation sites (tertiary alicyclic amines) is 1. The molecular weight excluding hydrogens is 350 g/mol. The smallest absolute Gasteiger partial charge is 0.225 e. The van der Waals surface area contributed by atoms with Crippen molar-refractivity contribution in [1.82, 2.24) is 15.5 Å². The Labute approximate surface area is 171 Å². The molecule has 1 aliphatic heterocycles. The van der Waals surface area contributed by atoms with E-state index >= 15 is 0 Å². The minimum Gasteiger partial charge on any atom is -0.353 e. The second-order valence-electron chi connectivity index (χ2n) is 9.40. The van der Waals surface area contributed by atoms with Gasteiger partial charge in [-0.25, -0.2) is 0 Å². The molecule has 3 aliphatic rings. The molecule has 0 spiro atoms. The number of rotatable bonds is 7. The average molecular weight is 392 g/mol. The van der Waals surface area contributed by atoms with Gasteiger partial charge in [0.25, 0.3) is 0 Å². The maximum Gasteiger partial charge on any atom is 0.225 e. The summed E-state index contributed by atoms with van der Waals surface area (Å²) in [6, 6.07) is 0.283. The standard InChI is InChI=1S/C23H41N3O2/c1-2-24-17-19-12-14-26(15-13-19)23(28)20-8-10-21(11-9-20)25-22(27)16-18-6-4-3-5-7-18/h18-21,24H,2-17H2,1H3,(H,25,27). The van der Waals surface area contributed by atoms with Crippen molar-refractivity contribution in [2.75, 3.05) is 26.2 Å². The SMILES string of the molecule is CCNCC1CCN(C(=O)C2CCC(NC(=O)CC3CCCCC3)CC2)CC1. The van der Waals surface area contributed by atoms with E-state index in [1.807, 2.05) is 0 Å². The van der Waals surface area contributed by atoms with Gasteiger partial charge >= 0.3 is 0 Å². The van der Waals surface area contributed by atoms with Gasteiger partial charge in [-0.05, 0) is 76.3 Å². The van der Waals surface area contributed by atoms with E-state index in [2.05, 4.69) is 22.5 Å². The summed E-state index contributed by atoms with van der Waals surface area (Å²) in [5.74, 6) is 2.11. The van der Waals surface area contributed by atoms with Gasteiger partial charge < -0.3 is 15.5 Å². The number of piperidine rings is 1. The zero-order chi connectivity index (χ0) is 19.8. The average Bonchev–Trinajstić information content (AvgIpc) is 2.73. The monoisotopic (exact) mass is 391 g/mol. The van der Waals surface area contributed by atoms with Crippen LogP contribution in [0.1, 0.15) is 84.0 Å². The molecule has 1 heterocycles. The zero-order valence-corrected chi connectivity index (χ0v) is 17.9. The van der Waals surface area contributed by atoms with Crippen LogP contribution in [0.2, 0.25) is 0 Å².